The van der Waals surface area contributed by atoms with Crippen molar-refractivity contribution in [3.63, 3.8) is 0 Å². The first-order chi connectivity index (χ1) is 11.6. The van der Waals surface area contributed by atoms with Gasteiger partial charge in [-0.2, -0.15) is 0 Å². The third kappa shape index (κ3) is 2.55. The van der Waals surface area contributed by atoms with E-state index in [9.17, 15) is 0 Å². The fourth-order valence-corrected chi connectivity index (χ4v) is 7.47. The third-order valence-corrected chi connectivity index (χ3v) is 7.85. The standard InChI is InChI=1S/C23H33N/c1-18-5-7-21(8-6-18)23-14-19-11-20(15-23)13-22(12-19,16-23)17-24-9-3-2-4-10-24/h5-8,19-20H,2-4,9-17H2,1H3/t19-,20-,22?,23?/m0/s1. The quantitative estimate of drug-likeness (QED) is 0.728. The molecule has 1 nitrogen and oxygen atoms in total. The van der Waals surface area contributed by atoms with Crippen LogP contribution in [0.2, 0.25) is 0 Å². The fraction of sp³-hybridized carbons (Fsp3) is 0.739. The number of hydrogen-bond acceptors (Lipinski definition) is 1. The van der Waals surface area contributed by atoms with Gasteiger partial charge >= 0.3 is 0 Å². The van der Waals surface area contributed by atoms with E-state index in [0.29, 0.717) is 10.8 Å². The lowest BCUT2D eigenvalue weighted by atomic mass is 9.43. The molecule has 1 heterocycles. The van der Waals surface area contributed by atoms with E-state index in [4.69, 9.17) is 0 Å². The molecular weight excluding hydrogens is 290 g/mol. The Balaban J connectivity index is 1.45. The summed E-state index contributed by atoms with van der Waals surface area (Å²) in [6.07, 6.45) is 13.4. The molecular formula is C23H33N. The minimum Gasteiger partial charge on any atom is -0.303 e. The zero-order chi connectivity index (χ0) is 16.2. The summed E-state index contributed by atoms with van der Waals surface area (Å²) in [4.78, 5) is 2.83. The fourth-order valence-electron chi connectivity index (χ4n) is 7.47. The number of rotatable bonds is 3. The normalized spacial score (nSPS) is 41.7. The molecule has 0 N–H and O–H groups in total. The van der Waals surface area contributed by atoms with E-state index >= 15 is 0 Å². The van der Waals surface area contributed by atoms with Crippen LogP contribution < -0.4 is 0 Å². The first-order valence-corrected chi connectivity index (χ1v) is 10.4. The highest BCUT2D eigenvalue weighted by Crippen LogP contribution is 2.65. The first-order valence-electron chi connectivity index (χ1n) is 10.4. The molecule has 1 saturated heterocycles. The molecule has 4 saturated carbocycles. The predicted molar refractivity (Wildman–Crippen MR) is 100 cm³/mol. The van der Waals surface area contributed by atoms with Crippen molar-refractivity contribution >= 4 is 0 Å². The Morgan fingerprint density at radius 3 is 2.25 bits per heavy atom. The molecule has 0 spiro atoms. The van der Waals surface area contributed by atoms with Crippen molar-refractivity contribution in [3.8, 4) is 0 Å². The highest BCUT2D eigenvalue weighted by Gasteiger charge is 2.58. The molecule has 0 amide bonds. The van der Waals surface area contributed by atoms with Gasteiger partial charge in [0.2, 0.25) is 0 Å². The number of aryl methyl sites for hydroxylation is 1. The van der Waals surface area contributed by atoms with Gasteiger partial charge in [-0.15, -0.1) is 0 Å². The van der Waals surface area contributed by atoms with Gasteiger partial charge in [0.1, 0.15) is 0 Å². The number of piperidine rings is 1. The highest BCUT2D eigenvalue weighted by molar-refractivity contribution is 5.32. The summed E-state index contributed by atoms with van der Waals surface area (Å²) in [5.74, 6) is 2.02. The predicted octanol–water partition coefficient (Wildman–Crippen LogP) is 5.32. The molecule has 1 aromatic rings. The lowest BCUT2D eigenvalue weighted by Crippen LogP contribution is -2.57. The van der Waals surface area contributed by atoms with Gasteiger partial charge < -0.3 is 4.90 Å². The van der Waals surface area contributed by atoms with Crippen molar-refractivity contribution in [2.24, 2.45) is 17.3 Å². The van der Waals surface area contributed by atoms with E-state index in [0.717, 1.165) is 11.8 Å². The van der Waals surface area contributed by atoms with Crippen molar-refractivity contribution in [1.29, 1.82) is 0 Å². The largest absolute Gasteiger partial charge is 0.303 e. The van der Waals surface area contributed by atoms with Crippen LogP contribution in [-0.2, 0) is 5.41 Å². The summed E-state index contributed by atoms with van der Waals surface area (Å²) in [5.41, 5.74) is 4.25. The van der Waals surface area contributed by atoms with E-state index in [1.807, 2.05) is 0 Å². The summed E-state index contributed by atoms with van der Waals surface area (Å²) in [7, 11) is 0. The van der Waals surface area contributed by atoms with Gasteiger partial charge in [-0.05, 0) is 99.6 Å². The Kier molecular flexibility index (Phi) is 3.60. The minimum absolute atomic E-state index is 0.521. The Labute approximate surface area is 147 Å². The molecule has 0 unspecified atom stereocenters. The molecule has 130 valence electrons. The molecule has 4 aliphatic carbocycles. The van der Waals surface area contributed by atoms with Crippen LogP contribution in [-0.4, -0.2) is 24.5 Å². The van der Waals surface area contributed by atoms with Crippen LogP contribution in [0.4, 0.5) is 0 Å². The smallest absolute Gasteiger partial charge is 0.00385 e. The van der Waals surface area contributed by atoms with E-state index < -0.39 is 0 Å². The number of likely N-dealkylation sites (tertiary alicyclic amines) is 1. The maximum absolute atomic E-state index is 2.83. The van der Waals surface area contributed by atoms with E-state index in [1.165, 1.54) is 83.0 Å². The van der Waals surface area contributed by atoms with E-state index in [1.54, 1.807) is 5.56 Å². The van der Waals surface area contributed by atoms with Crippen molar-refractivity contribution in [3.05, 3.63) is 35.4 Å². The molecule has 5 aliphatic rings. The molecule has 24 heavy (non-hydrogen) atoms. The molecule has 1 aromatic carbocycles. The summed E-state index contributed by atoms with van der Waals surface area (Å²) in [6.45, 7) is 6.37. The topological polar surface area (TPSA) is 3.24 Å². The van der Waals surface area contributed by atoms with Crippen molar-refractivity contribution in [2.45, 2.75) is 70.1 Å². The molecule has 1 heteroatoms. The van der Waals surface area contributed by atoms with Crippen molar-refractivity contribution < 1.29 is 0 Å². The van der Waals surface area contributed by atoms with Gasteiger partial charge in [0, 0.05) is 6.54 Å². The van der Waals surface area contributed by atoms with Gasteiger partial charge in [-0.1, -0.05) is 36.2 Å². The van der Waals surface area contributed by atoms with Gasteiger partial charge in [0.05, 0.1) is 0 Å². The van der Waals surface area contributed by atoms with Crippen LogP contribution in [0.3, 0.4) is 0 Å². The van der Waals surface area contributed by atoms with Crippen LogP contribution in [0.1, 0.15) is 68.9 Å². The van der Waals surface area contributed by atoms with Crippen LogP contribution >= 0.6 is 0 Å². The summed E-state index contributed by atoms with van der Waals surface area (Å²) in [5, 5.41) is 0. The lowest BCUT2D eigenvalue weighted by molar-refractivity contribution is -0.0877. The van der Waals surface area contributed by atoms with Crippen molar-refractivity contribution in [2.75, 3.05) is 19.6 Å². The molecule has 0 aromatic heterocycles. The third-order valence-electron chi connectivity index (χ3n) is 7.85. The molecule has 0 radical (unpaired) electrons. The molecule has 4 bridgehead atoms. The Morgan fingerprint density at radius 2 is 1.58 bits per heavy atom. The van der Waals surface area contributed by atoms with Crippen LogP contribution in [0.25, 0.3) is 0 Å². The second kappa shape index (κ2) is 5.59. The average molecular weight is 324 g/mol. The van der Waals surface area contributed by atoms with Crippen LogP contribution in [0.5, 0.6) is 0 Å². The maximum atomic E-state index is 2.83. The monoisotopic (exact) mass is 323 g/mol. The molecule has 5 fully saturated rings. The van der Waals surface area contributed by atoms with Gasteiger partial charge in [-0.3, -0.25) is 0 Å². The molecule has 1 aliphatic heterocycles. The average Bonchev–Trinajstić information content (AvgIpc) is 2.54. The van der Waals surface area contributed by atoms with Gasteiger partial charge in [-0.25, -0.2) is 0 Å². The molecule has 6 rings (SSSR count). The van der Waals surface area contributed by atoms with E-state index in [-0.39, 0.29) is 0 Å². The maximum Gasteiger partial charge on any atom is 0.00385 e. The summed E-state index contributed by atoms with van der Waals surface area (Å²) in [6, 6.07) is 9.64. The van der Waals surface area contributed by atoms with Crippen molar-refractivity contribution in [1.82, 2.24) is 4.90 Å². The number of nitrogens with zero attached hydrogens (tertiary/aromatic N) is 1. The Morgan fingerprint density at radius 1 is 0.917 bits per heavy atom. The second-order valence-electron chi connectivity index (χ2n) is 9.94. The minimum atomic E-state index is 0.521. The highest BCUT2D eigenvalue weighted by atomic mass is 15.1. The summed E-state index contributed by atoms with van der Waals surface area (Å²) >= 11 is 0. The van der Waals surface area contributed by atoms with Gasteiger partial charge in [0.15, 0.2) is 0 Å². The zero-order valence-corrected chi connectivity index (χ0v) is 15.4. The van der Waals surface area contributed by atoms with Crippen LogP contribution in [0, 0.1) is 24.2 Å². The first kappa shape index (κ1) is 15.4. The van der Waals surface area contributed by atoms with Crippen LogP contribution in [0.15, 0.2) is 24.3 Å². The number of hydrogen-bond donors (Lipinski definition) is 0. The van der Waals surface area contributed by atoms with E-state index in [2.05, 4.69) is 36.1 Å². The molecule has 2 atom stereocenters. The summed E-state index contributed by atoms with van der Waals surface area (Å²) < 4.78 is 0. The Bertz CT molecular complexity index is 581. The lowest BCUT2D eigenvalue weighted by Gasteiger charge is -2.63. The van der Waals surface area contributed by atoms with Gasteiger partial charge in [0.25, 0.3) is 0 Å². The SMILES string of the molecule is Cc1ccc(C23C[C@H]4C[C@@H](CC(CN5CCCCC5)(C4)C2)C3)cc1. The second-order valence-corrected chi connectivity index (χ2v) is 9.94. The zero-order valence-electron chi connectivity index (χ0n) is 15.4. The number of benzene rings is 1. The Hall–Kier alpha value is -0.820.